The molecule has 2 aromatic rings. The number of anilines is 1. The van der Waals surface area contributed by atoms with E-state index in [0.717, 1.165) is 12.8 Å². The van der Waals surface area contributed by atoms with E-state index >= 15 is 0 Å². The van der Waals surface area contributed by atoms with Crippen LogP contribution in [0.5, 0.6) is 0 Å². The highest BCUT2D eigenvalue weighted by molar-refractivity contribution is 6.02. The third kappa shape index (κ3) is 6.05. The predicted molar refractivity (Wildman–Crippen MR) is 110 cm³/mol. The van der Waals surface area contributed by atoms with Crippen LogP contribution < -0.4 is 10.6 Å². The summed E-state index contributed by atoms with van der Waals surface area (Å²) in [6, 6.07) is 2.81. The van der Waals surface area contributed by atoms with Gasteiger partial charge in [-0.25, -0.2) is 4.79 Å². The quantitative estimate of drug-likeness (QED) is 0.523. The minimum atomic E-state index is -4.80. The van der Waals surface area contributed by atoms with Crippen molar-refractivity contribution in [3.05, 3.63) is 29.2 Å². The maximum absolute atomic E-state index is 12.6. The second-order valence-electron chi connectivity index (χ2n) is 8.50. The third-order valence-corrected chi connectivity index (χ3v) is 5.57. The summed E-state index contributed by atoms with van der Waals surface area (Å²) >= 11 is 0. The van der Waals surface area contributed by atoms with Gasteiger partial charge in [0.1, 0.15) is 24.5 Å². The zero-order chi connectivity index (χ0) is 24.5. The summed E-state index contributed by atoms with van der Waals surface area (Å²) in [6.07, 6.45) is -3.81. The molecule has 1 saturated heterocycles. The second kappa shape index (κ2) is 9.25. The van der Waals surface area contributed by atoms with Crippen molar-refractivity contribution in [3.8, 4) is 0 Å². The highest BCUT2D eigenvalue weighted by Gasteiger charge is 2.40. The Kier molecular flexibility index (Phi) is 6.53. The molecule has 2 amide bonds. The number of aromatic nitrogens is 4. The van der Waals surface area contributed by atoms with Crippen molar-refractivity contribution in [2.75, 3.05) is 11.9 Å². The number of hydrogen-bond donors (Lipinski definition) is 3. The van der Waals surface area contributed by atoms with Crippen molar-refractivity contribution in [3.63, 3.8) is 0 Å². The molecule has 11 nitrogen and oxygen atoms in total. The highest BCUT2D eigenvalue weighted by atomic mass is 19.4. The molecule has 2 fully saturated rings. The van der Waals surface area contributed by atoms with Crippen molar-refractivity contribution in [2.24, 2.45) is 0 Å². The lowest BCUT2D eigenvalue weighted by Crippen LogP contribution is -2.37. The number of aromatic amines is 1. The Labute approximate surface area is 192 Å². The topological polar surface area (TPSA) is 132 Å². The Morgan fingerprint density at radius 1 is 1.35 bits per heavy atom. The number of aryl methyl sites for hydroxylation is 1. The molecule has 3 N–H and O–H groups in total. The van der Waals surface area contributed by atoms with Crippen LogP contribution in [0.3, 0.4) is 0 Å². The maximum Gasteiger partial charge on any atom is 0.522 e. The van der Waals surface area contributed by atoms with Gasteiger partial charge in [0.25, 0.3) is 5.91 Å². The molecule has 2 aliphatic rings. The molecule has 0 unspecified atom stereocenters. The fraction of sp³-hybridized carbons (Fsp3) is 0.600. The number of alkyl halides is 3. The van der Waals surface area contributed by atoms with Gasteiger partial charge in [-0.05, 0) is 32.8 Å². The zero-order valence-corrected chi connectivity index (χ0v) is 18.6. The summed E-state index contributed by atoms with van der Waals surface area (Å²) in [7, 11) is 0. The molecule has 34 heavy (non-hydrogen) atoms. The average molecular weight is 486 g/mol. The standard InChI is InChI=1S/C20H25F3N6O5/c1-3-29-14(6-11(28-29)9-33-20(21,22)23)17(30)24-16-8-13(26-27-16)15-7-12(10-32-15)34-18(31)25-19(2)4-5-19/h6,8,12,15H,3-5,7,9-10H2,1-2H3,(H,25,31)(H2,24,26,27,30)/t12-,15-/m0/s1. The summed E-state index contributed by atoms with van der Waals surface area (Å²) in [6.45, 7) is 3.35. The van der Waals surface area contributed by atoms with Gasteiger partial charge in [0.15, 0.2) is 5.82 Å². The van der Waals surface area contributed by atoms with E-state index in [4.69, 9.17) is 9.47 Å². The molecule has 14 heteroatoms. The van der Waals surface area contributed by atoms with Crippen LogP contribution in [-0.4, -0.2) is 56.6 Å². The molecule has 4 rings (SSSR count). The van der Waals surface area contributed by atoms with E-state index in [-0.39, 0.29) is 35.9 Å². The molecular formula is C20H25F3N6O5. The molecule has 0 aromatic carbocycles. The number of hydrogen-bond acceptors (Lipinski definition) is 7. The first-order valence-corrected chi connectivity index (χ1v) is 10.8. The van der Waals surface area contributed by atoms with E-state index in [1.54, 1.807) is 13.0 Å². The Morgan fingerprint density at radius 3 is 2.79 bits per heavy atom. The number of amides is 2. The summed E-state index contributed by atoms with van der Waals surface area (Å²) in [4.78, 5) is 24.6. The lowest BCUT2D eigenvalue weighted by atomic mass is 10.1. The zero-order valence-electron chi connectivity index (χ0n) is 18.6. The first kappa shape index (κ1) is 24.0. The summed E-state index contributed by atoms with van der Waals surface area (Å²) in [5.41, 5.74) is 0.441. The van der Waals surface area contributed by atoms with Crippen molar-refractivity contribution >= 4 is 17.8 Å². The van der Waals surface area contributed by atoms with E-state index in [1.807, 2.05) is 6.92 Å². The van der Waals surface area contributed by atoms with Crippen LogP contribution in [-0.2, 0) is 27.4 Å². The van der Waals surface area contributed by atoms with Crippen LogP contribution in [0.1, 0.15) is 61.1 Å². The minimum absolute atomic E-state index is 0.0304. The van der Waals surface area contributed by atoms with Crippen molar-refractivity contribution < 1.29 is 37.0 Å². The van der Waals surface area contributed by atoms with Crippen LogP contribution >= 0.6 is 0 Å². The van der Waals surface area contributed by atoms with Gasteiger partial charge in [-0.15, -0.1) is 13.2 Å². The lowest BCUT2D eigenvalue weighted by molar-refractivity contribution is -0.330. The molecule has 3 heterocycles. The number of halogens is 3. The number of carbonyl (C=O) groups excluding carboxylic acids is 2. The predicted octanol–water partition coefficient (Wildman–Crippen LogP) is 3.02. The summed E-state index contributed by atoms with van der Waals surface area (Å²) in [5.74, 6) is -0.395. The first-order chi connectivity index (χ1) is 16.0. The van der Waals surface area contributed by atoms with Crippen molar-refractivity contribution in [1.29, 1.82) is 0 Å². The Morgan fingerprint density at radius 2 is 2.12 bits per heavy atom. The Hall–Kier alpha value is -3.13. The Balaban J connectivity index is 1.32. The number of H-pyrrole nitrogens is 1. The molecule has 0 radical (unpaired) electrons. The van der Waals surface area contributed by atoms with Crippen molar-refractivity contribution in [2.45, 2.75) is 70.4 Å². The average Bonchev–Trinajstić information content (AvgIpc) is 3.17. The maximum atomic E-state index is 12.6. The number of nitrogens with zero attached hydrogens (tertiary/aromatic N) is 3. The molecular weight excluding hydrogens is 461 g/mol. The van der Waals surface area contributed by atoms with Crippen LogP contribution in [0.2, 0.25) is 0 Å². The molecule has 2 aromatic heterocycles. The third-order valence-electron chi connectivity index (χ3n) is 5.57. The highest BCUT2D eigenvalue weighted by Crippen LogP contribution is 2.35. The van der Waals surface area contributed by atoms with E-state index in [2.05, 4.69) is 30.7 Å². The number of rotatable bonds is 8. The van der Waals surface area contributed by atoms with Gasteiger partial charge in [-0.2, -0.15) is 10.2 Å². The molecule has 1 saturated carbocycles. The lowest BCUT2D eigenvalue weighted by Gasteiger charge is -2.15. The second-order valence-corrected chi connectivity index (χ2v) is 8.50. The van der Waals surface area contributed by atoms with Crippen LogP contribution in [0, 0.1) is 0 Å². The fourth-order valence-electron chi connectivity index (χ4n) is 3.50. The van der Waals surface area contributed by atoms with Gasteiger partial charge in [-0.1, -0.05) is 0 Å². The summed E-state index contributed by atoms with van der Waals surface area (Å²) in [5, 5.41) is 16.2. The van der Waals surface area contributed by atoms with Crippen LogP contribution in [0.25, 0.3) is 0 Å². The number of carbonyl (C=O) groups is 2. The molecule has 1 aliphatic heterocycles. The molecule has 0 bridgehead atoms. The minimum Gasteiger partial charge on any atom is -0.444 e. The number of ether oxygens (including phenoxy) is 3. The van der Waals surface area contributed by atoms with E-state index in [0.29, 0.717) is 12.1 Å². The fourth-order valence-corrected chi connectivity index (χ4v) is 3.50. The molecule has 2 atom stereocenters. The van der Waals surface area contributed by atoms with Crippen LogP contribution in [0.4, 0.5) is 23.8 Å². The van der Waals surface area contributed by atoms with Crippen molar-refractivity contribution in [1.82, 2.24) is 25.3 Å². The molecule has 186 valence electrons. The molecule has 0 spiro atoms. The van der Waals surface area contributed by atoms with Gasteiger partial charge in [0.05, 0.1) is 18.0 Å². The van der Waals surface area contributed by atoms with E-state index in [9.17, 15) is 22.8 Å². The van der Waals surface area contributed by atoms with Gasteiger partial charge >= 0.3 is 12.5 Å². The molecule has 1 aliphatic carbocycles. The van der Waals surface area contributed by atoms with Crippen LogP contribution in [0.15, 0.2) is 12.1 Å². The van der Waals surface area contributed by atoms with Gasteiger partial charge in [-0.3, -0.25) is 19.3 Å². The first-order valence-electron chi connectivity index (χ1n) is 10.8. The Bertz CT molecular complexity index is 1050. The van der Waals surface area contributed by atoms with Gasteiger partial charge < -0.3 is 20.1 Å². The van der Waals surface area contributed by atoms with Gasteiger partial charge in [0, 0.05) is 24.6 Å². The smallest absolute Gasteiger partial charge is 0.444 e. The SMILES string of the molecule is CCn1nc(COC(F)(F)F)cc1C(=O)Nc1cc([C@@H]2C[C@H](OC(=O)NC3(C)CC3)CO2)[nH]n1. The number of nitrogens with one attached hydrogen (secondary N) is 3. The normalized spacial score (nSPS) is 21.3. The largest absolute Gasteiger partial charge is 0.522 e. The summed E-state index contributed by atoms with van der Waals surface area (Å²) < 4.78 is 53.0. The van der Waals surface area contributed by atoms with E-state index in [1.165, 1.54) is 10.7 Å². The van der Waals surface area contributed by atoms with E-state index < -0.39 is 37.2 Å². The van der Waals surface area contributed by atoms with Gasteiger partial charge in [0.2, 0.25) is 0 Å². The monoisotopic (exact) mass is 486 g/mol. The number of alkyl carbamates (subject to hydrolysis) is 1.